The van der Waals surface area contributed by atoms with Crippen molar-refractivity contribution in [2.24, 2.45) is 4.99 Å². The topological polar surface area (TPSA) is 34.1 Å². The minimum atomic E-state index is -0.662. The summed E-state index contributed by atoms with van der Waals surface area (Å²) in [6.07, 6.45) is 0. The molecule has 0 radical (unpaired) electrons. The van der Waals surface area contributed by atoms with Gasteiger partial charge in [0.15, 0.2) is 0 Å². The fourth-order valence-electron chi connectivity index (χ4n) is 3.25. The minimum absolute atomic E-state index is 0.0305. The number of ether oxygens (including phenoxy) is 2. The van der Waals surface area contributed by atoms with Gasteiger partial charge >= 0.3 is 0 Å². The Bertz CT molecular complexity index is 782. The van der Waals surface area contributed by atoms with Gasteiger partial charge in [0, 0.05) is 19.6 Å². The van der Waals surface area contributed by atoms with Gasteiger partial charge in [-0.25, -0.2) is 13.8 Å². The van der Waals surface area contributed by atoms with E-state index in [0.717, 1.165) is 38.4 Å². The fourth-order valence-corrected chi connectivity index (χ4v) is 3.25. The monoisotopic (exact) mass is 358 g/mol. The molecule has 0 bridgehead atoms. The Balaban J connectivity index is 1.47. The molecule has 4 nitrogen and oxygen atoms in total. The van der Waals surface area contributed by atoms with E-state index < -0.39 is 11.6 Å². The summed E-state index contributed by atoms with van der Waals surface area (Å²) in [5.41, 5.74) is 2.00. The second-order valence-corrected chi connectivity index (χ2v) is 6.49. The third-order valence-corrected chi connectivity index (χ3v) is 4.70. The summed E-state index contributed by atoms with van der Waals surface area (Å²) < 4.78 is 38.6. The van der Waals surface area contributed by atoms with E-state index in [0.29, 0.717) is 0 Å². The van der Waals surface area contributed by atoms with Gasteiger partial charge in [0.2, 0.25) is 5.90 Å². The lowest BCUT2D eigenvalue weighted by atomic mass is 10.1. The van der Waals surface area contributed by atoms with Crippen molar-refractivity contribution >= 4 is 5.90 Å². The lowest BCUT2D eigenvalue weighted by Gasteiger charge is -2.26. The molecule has 136 valence electrons. The quantitative estimate of drug-likeness (QED) is 0.841. The SMILES string of the molecule is Fc1cccc(F)c1C1=NC(c2ccc(CN3CCOCC3)cc2)CO1. The maximum Gasteiger partial charge on any atom is 0.222 e. The molecular weight excluding hydrogens is 338 g/mol. The highest BCUT2D eigenvalue weighted by atomic mass is 19.1. The molecule has 2 aliphatic rings. The van der Waals surface area contributed by atoms with Gasteiger partial charge in [0.05, 0.1) is 13.2 Å². The fraction of sp³-hybridized carbons (Fsp3) is 0.350. The lowest BCUT2D eigenvalue weighted by Crippen LogP contribution is -2.35. The normalized spacial score (nSPS) is 20.7. The van der Waals surface area contributed by atoms with Crippen LogP contribution in [0.1, 0.15) is 22.7 Å². The summed E-state index contributed by atoms with van der Waals surface area (Å²) in [5, 5.41) is 0. The molecule has 0 N–H and O–H groups in total. The second-order valence-electron chi connectivity index (χ2n) is 6.49. The van der Waals surface area contributed by atoms with Crippen LogP contribution in [-0.4, -0.2) is 43.7 Å². The third kappa shape index (κ3) is 3.61. The molecule has 2 heterocycles. The Morgan fingerprint density at radius 3 is 2.38 bits per heavy atom. The average Bonchev–Trinajstić information content (AvgIpc) is 3.13. The molecule has 6 heteroatoms. The molecule has 0 saturated carbocycles. The molecule has 0 amide bonds. The first kappa shape index (κ1) is 17.1. The molecule has 0 aliphatic carbocycles. The van der Waals surface area contributed by atoms with E-state index in [1.165, 1.54) is 23.8 Å². The largest absolute Gasteiger partial charge is 0.475 e. The minimum Gasteiger partial charge on any atom is -0.475 e. The highest BCUT2D eigenvalue weighted by Crippen LogP contribution is 2.27. The van der Waals surface area contributed by atoms with Gasteiger partial charge in [-0.15, -0.1) is 0 Å². The summed E-state index contributed by atoms with van der Waals surface area (Å²) in [5.74, 6) is -1.29. The molecule has 0 aromatic heterocycles. The first-order chi connectivity index (χ1) is 12.7. The number of hydrogen-bond acceptors (Lipinski definition) is 4. The maximum atomic E-state index is 13.9. The van der Waals surface area contributed by atoms with Crippen LogP contribution in [0.3, 0.4) is 0 Å². The summed E-state index contributed by atoms with van der Waals surface area (Å²) >= 11 is 0. The van der Waals surface area contributed by atoms with Crippen molar-refractivity contribution in [3.63, 3.8) is 0 Å². The van der Waals surface area contributed by atoms with Crippen LogP contribution in [0.2, 0.25) is 0 Å². The summed E-state index contributed by atoms with van der Waals surface area (Å²) in [6, 6.07) is 11.7. The first-order valence-corrected chi connectivity index (χ1v) is 8.74. The standard InChI is InChI=1S/C20H20F2N2O2/c21-16-2-1-3-17(22)19(16)20-23-18(13-26-20)15-6-4-14(5-7-15)12-24-8-10-25-11-9-24/h1-7,18H,8-13H2. The van der Waals surface area contributed by atoms with Crippen LogP contribution >= 0.6 is 0 Å². The van der Waals surface area contributed by atoms with E-state index in [1.54, 1.807) is 0 Å². The summed E-state index contributed by atoms with van der Waals surface area (Å²) in [6.45, 7) is 4.62. The Morgan fingerprint density at radius 2 is 1.69 bits per heavy atom. The van der Waals surface area contributed by atoms with E-state index in [4.69, 9.17) is 9.47 Å². The van der Waals surface area contributed by atoms with Crippen LogP contribution in [0.4, 0.5) is 8.78 Å². The zero-order chi connectivity index (χ0) is 17.9. The molecular formula is C20H20F2N2O2. The zero-order valence-electron chi connectivity index (χ0n) is 14.3. The summed E-state index contributed by atoms with van der Waals surface area (Å²) in [4.78, 5) is 6.74. The molecule has 1 unspecified atom stereocenters. The predicted octanol–water partition coefficient (Wildman–Crippen LogP) is 3.32. The van der Waals surface area contributed by atoms with Crippen molar-refractivity contribution in [1.29, 1.82) is 0 Å². The van der Waals surface area contributed by atoms with E-state index >= 15 is 0 Å². The van der Waals surface area contributed by atoms with Gasteiger partial charge in [-0.05, 0) is 23.3 Å². The van der Waals surface area contributed by atoms with E-state index in [1.807, 2.05) is 12.1 Å². The van der Waals surface area contributed by atoms with Crippen molar-refractivity contribution in [2.45, 2.75) is 12.6 Å². The Kier molecular flexibility index (Phi) is 4.95. The van der Waals surface area contributed by atoms with Gasteiger partial charge in [-0.2, -0.15) is 0 Å². The van der Waals surface area contributed by atoms with Gasteiger partial charge in [0.25, 0.3) is 0 Å². The van der Waals surface area contributed by atoms with Crippen molar-refractivity contribution in [2.75, 3.05) is 32.9 Å². The van der Waals surface area contributed by atoms with E-state index in [-0.39, 0.29) is 24.1 Å². The Morgan fingerprint density at radius 1 is 1.00 bits per heavy atom. The number of rotatable bonds is 4. The van der Waals surface area contributed by atoms with Gasteiger partial charge < -0.3 is 9.47 Å². The second kappa shape index (κ2) is 7.51. The third-order valence-electron chi connectivity index (χ3n) is 4.70. The van der Waals surface area contributed by atoms with Crippen molar-refractivity contribution in [1.82, 2.24) is 4.90 Å². The van der Waals surface area contributed by atoms with Crippen LogP contribution in [0.5, 0.6) is 0 Å². The van der Waals surface area contributed by atoms with E-state index in [9.17, 15) is 8.78 Å². The molecule has 1 saturated heterocycles. The molecule has 2 aromatic rings. The number of morpholine rings is 1. The summed E-state index contributed by atoms with van der Waals surface area (Å²) in [7, 11) is 0. The Labute approximate surface area is 151 Å². The highest BCUT2D eigenvalue weighted by molar-refractivity contribution is 5.95. The number of nitrogens with zero attached hydrogens (tertiary/aromatic N) is 2. The molecule has 0 spiro atoms. The predicted molar refractivity (Wildman–Crippen MR) is 94.1 cm³/mol. The van der Waals surface area contributed by atoms with E-state index in [2.05, 4.69) is 22.0 Å². The van der Waals surface area contributed by atoms with Gasteiger partial charge in [-0.1, -0.05) is 30.3 Å². The molecule has 26 heavy (non-hydrogen) atoms. The van der Waals surface area contributed by atoms with Crippen molar-refractivity contribution < 1.29 is 18.3 Å². The molecule has 1 atom stereocenters. The number of hydrogen-bond donors (Lipinski definition) is 0. The van der Waals surface area contributed by atoms with Gasteiger partial charge in [-0.3, -0.25) is 4.90 Å². The van der Waals surface area contributed by atoms with Crippen LogP contribution in [0.25, 0.3) is 0 Å². The van der Waals surface area contributed by atoms with Crippen LogP contribution in [-0.2, 0) is 16.0 Å². The first-order valence-electron chi connectivity index (χ1n) is 8.74. The molecule has 4 rings (SSSR count). The highest BCUT2D eigenvalue weighted by Gasteiger charge is 2.26. The maximum absolute atomic E-state index is 13.9. The van der Waals surface area contributed by atoms with Crippen LogP contribution in [0.15, 0.2) is 47.5 Å². The zero-order valence-corrected chi connectivity index (χ0v) is 14.3. The average molecular weight is 358 g/mol. The molecule has 2 aromatic carbocycles. The number of aliphatic imine (C=N–C) groups is 1. The number of benzene rings is 2. The van der Waals surface area contributed by atoms with Crippen molar-refractivity contribution in [3.05, 3.63) is 70.8 Å². The smallest absolute Gasteiger partial charge is 0.222 e. The molecule has 2 aliphatic heterocycles. The number of halogens is 2. The molecule has 1 fully saturated rings. The lowest BCUT2D eigenvalue weighted by molar-refractivity contribution is 0.0342. The van der Waals surface area contributed by atoms with Crippen LogP contribution in [0, 0.1) is 11.6 Å². The Hall–Kier alpha value is -2.31. The van der Waals surface area contributed by atoms with Crippen LogP contribution < -0.4 is 0 Å². The van der Waals surface area contributed by atoms with Crippen molar-refractivity contribution in [3.8, 4) is 0 Å². The van der Waals surface area contributed by atoms with Gasteiger partial charge in [0.1, 0.15) is 29.8 Å².